The van der Waals surface area contributed by atoms with Crippen LogP contribution in [0.5, 0.6) is 0 Å². The Kier molecular flexibility index (Phi) is 8.07. The molecule has 0 fully saturated rings. The quantitative estimate of drug-likeness (QED) is 0.448. The molecule has 0 heterocycles. The Morgan fingerprint density at radius 3 is 1.38 bits per heavy atom. The number of aliphatic imine (C=N–C) groups is 1. The first-order chi connectivity index (χ1) is 13.6. The summed E-state index contributed by atoms with van der Waals surface area (Å²) in [4.78, 5) is 5.01. The number of nitrogens with zero attached hydrogens (tertiary/aromatic N) is 1. The number of hydrogen-bond acceptors (Lipinski definition) is 2. The molecule has 2 rings (SSSR count). The van der Waals surface area contributed by atoms with Crippen LogP contribution in [0.4, 0.5) is 11.4 Å². The van der Waals surface area contributed by atoms with Crippen LogP contribution in [0.1, 0.15) is 108 Å². The molecule has 29 heavy (non-hydrogen) atoms. The highest BCUT2D eigenvalue weighted by molar-refractivity contribution is 5.76. The highest BCUT2D eigenvalue weighted by atomic mass is 14.9. The van der Waals surface area contributed by atoms with Crippen LogP contribution in [-0.4, -0.2) is 12.3 Å². The molecule has 2 nitrogen and oxygen atoms in total. The maximum absolute atomic E-state index is 5.01. The third-order valence-electron chi connectivity index (χ3n) is 5.51. The zero-order valence-electron chi connectivity index (χ0n) is 19.9. The van der Waals surface area contributed by atoms with Crippen LogP contribution in [0.15, 0.2) is 41.4 Å². The van der Waals surface area contributed by atoms with Gasteiger partial charge in [-0.2, -0.15) is 0 Å². The average Bonchev–Trinajstić information content (AvgIpc) is 2.65. The van der Waals surface area contributed by atoms with Crippen LogP contribution in [-0.2, 0) is 0 Å². The van der Waals surface area contributed by atoms with Crippen molar-refractivity contribution in [2.45, 2.75) is 92.0 Å². The highest BCUT2D eigenvalue weighted by Gasteiger charge is 2.16. The van der Waals surface area contributed by atoms with Crippen molar-refractivity contribution in [3.63, 3.8) is 0 Å². The van der Waals surface area contributed by atoms with Crippen molar-refractivity contribution in [3.05, 3.63) is 58.7 Å². The normalized spacial score (nSPS) is 13.3. The van der Waals surface area contributed by atoms with Gasteiger partial charge in [0.15, 0.2) is 0 Å². The molecule has 0 saturated carbocycles. The average molecular weight is 393 g/mol. The maximum Gasteiger partial charge on any atom is 0.0695 e. The van der Waals surface area contributed by atoms with Crippen LogP contribution < -0.4 is 5.32 Å². The third kappa shape index (κ3) is 5.72. The minimum atomic E-state index is 0.146. The number of nitrogens with one attached hydrogen (secondary N) is 1. The van der Waals surface area contributed by atoms with Gasteiger partial charge in [0.2, 0.25) is 0 Å². The van der Waals surface area contributed by atoms with Crippen molar-refractivity contribution in [1.29, 1.82) is 0 Å². The van der Waals surface area contributed by atoms with Crippen LogP contribution in [0, 0.1) is 0 Å². The fourth-order valence-corrected chi connectivity index (χ4v) is 3.83. The lowest BCUT2D eigenvalue weighted by molar-refractivity contribution is 0.829. The predicted molar refractivity (Wildman–Crippen MR) is 130 cm³/mol. The number of rotatable bonds is 8. The van der Waals surface area contributed by atoms with E-state index >= 15 is 0 Å². The molecule has 2 aromatic carbocycles. The Bertz CT molecular complexity index is 776. The number of benzene rings is 2. The summed E-state index contributed by atoms with van der Waals surface area (Å²) in [6.07, 6.45) is 2.08. The molecule has 0 aliphatic heterocycles. The highest BCUT2D eigenvalue weighted by Crippen LogP contribution is 2.35. The van der Waals surface area contributed by atoms with Gasteiger partial charge in [0.05, 0.1) is 11.7 Å². The van der Waals surface area contributed by atoms with E-state index in [1.807, 2.05) is 0 Å². The third-order valence-corrected chi connectivity index (χ3v) is 5.51. The van der Waals surface area contributed by atoms with Crippen LogP contribution in [0.3, 0.4) is 0 Å². The van der Waals surface area contributed by atoms with Crippen molar-refractivity contribution < 1.29 is 0 Å². The first kappa shape index (κ1) is 23.2. The van der Waals surface area contributed by atoms with Crippen molar-refractivity contribution in [1.82, 2.24) is 0 Å². The van der Waals surface area contributed by atoms with E-state index in [0.717, 1.165) is 5.69 Å². The second-order valence-corrected chi connectivity index (χ2v) is 9.43. The largest absolute Gasteiger partial charge is 0.377 e. The van der Waals surface area contributed by atoms with E-state index in [2.05, 4.69) is 110 Å². The van der Waals surface area contributed by atoms with Crippen molar-refractivity contribution in [2.75, 3.05) is 5.32 Å². The summed E-state index contributed by atoms with van der Waals surface area (Å²) in [5, 5.41) is 3.76. The molecule has 1 unspecified atom stereocenters. The lowest BCUT2D eigenvalue weighted by Gasteiger charge is -2.23. The molecule has 0 aromatic heterocycles. The maximum atomic E-state index is 5.01. The Labute approximate surface area is 178 Å². The van der Waals surface area contributed by atoms with E-state index in [0.29, 0.717) is 23.7 Å². The second kappa shape index (κ2) is 10.1. The van der Waals surface area contributed by atoms with E-state index in [-0.39, 0.29) is 6.04 Å². The summed E-state index contributed by atoms with van der Waals surface area (Å²) in [5.74, 6) is 1.88. The zero-order chi connectivity index (χ0) is 21.7. The monoisotopic (exact) mass is 392 g/mol. The molecule has 0 spiro atoms. The minimum absolute atomic E-state index is 0.146. The van der Waals surface area contributed by atoms with E-state index in [9.17, 15) is 0 Å². The van der Waals surface area contributed by atoms with Crippen LogP contribution in [0.2, 0.25) is 0 Å². The summed E-state index contributed by atoms with van der Waals surface area (Å²) in [5.41, 5.74) is 7.82. The fourth-order valence-electron chi connectivity index (χ4n) is 3.83. The summed E-state index contributed by atoms with van der Waals surface area (Å²) in [6.45, 7) is 20.2. The minimum Gasteiger partial charge on any atom is -0.377 e. The van der Waals surface area contributed by atoms with E-state index < -0.39 is 0 Å². The Hall–Kier alpha value is -2.09. The van der Waals surface area contributed by atoms with E-state index in [4.69, 9.17) is 4.99 Å². The Balaban J connectivity index is 2.38. The smallest absolute Gasteiger partial charge is 0.0695 e. The molecular formula is C27H40N2. The molecule has 0 radical (unpaired) electrons. The molecule has 1 atom stereocenters. The first-order valence-electron chi connectivity index (χ1n) is 11.2. The lowest BCUT2D eigenvalue weighted by atomic mass is 9.92. The Morgan fingerprint density at radius 2 is 1.00 bits per heavy atom. The van der Waals surface area contributed by atoms with Gasteiger partial charge in [-0.25, -0.2) is 0 Å². The van der Waals surface area contributed by atoms with Gasteiger partial charge in [0.1, 0.15) is 0 Å². The van der Waals surface area contributed by atoms with Crippen LogP contribution in [0.25, 0.3) is 0 Å². The molecule has 0 aliphatic rings. The van der Waals surface area contributed by atoms with Gasteiger partial charge in [0.25, 0.3) is 0 Å². The lowest BCUT2D eigenvalue weighted by Crippen LogP contribution is -2.19. The van der Waals surface area contributed by atoms with Gasteiger partial charge >= 0.3 is 0 Å². The van der Waals surface area contributed by atoms with Gasteiger partial charge in [-0.05, 0) is 52.8 Å². The van der Waals surface area contributed by atoms with E-state index in [1.165, 1.54) is 27.9 Å². The molecule has 2 aromatic rings. The molecule has 0 bridgehead atoms. The van der Waals surface area contributed by atoms with Gasteiger partial charge < -0.3 is 5.32 Å². The zero-order valence-corrected chi connectivity index (χ0v) is 19.9. The van der Waals surface area contributed by atoms with Gasteiger partial charge in [-0.3, -0.25) is 4.99 Å². The fraction of sp³-hybridized carbons (Fsp3) is 0.519. The Morgan fingerprint density at radius 1 is 0.621 bits per heavy atom. The molecule has 158 valence electrons. The molecule has 0 amide bonds. The molecule has 2 heteroatoms. The summed E-state index contributed by atoms with van der Waals surface area (Å²) < 4.78 is 0. The standard InChI is InChI=1S/C27H40N2/c1-17(2)22-12-10-13-23(18(3)4)26(22)28-16-21(9)29-27-24(19(5)6)14-11-15-25(27)20(7)8/h10-21,29H,1-9H3. The molecule has 0 aliphatic carbocycles. The van der Waals surface area contributed by atoms with E-state index in [1.54, 1.807) is 0 Å². The molecule has 1 N–H and O–H groups in total. The summed E-state index contributed by atoms with van der Waals surface area (Å²) in [7, 11) is 0. The topological polar surface area (TPSA) is 24.4 Å². The van der Waals surface area contributed by atoms with Crippen LogP contribution >= 0.6 is 0 Å². The summed E-state index contributed by atoms with van der Waals surface area (Å²) >= 11 is 0. The second-order valence-electron chi connectivity index (χ2n) is 9.43. The predicted octanol–water partition coefficient (Wildman–Crippen LogP) is 8.38. The number of hydrogen-bond donors (Lipinski definition) is 1. The van der Waals surface area contributed by atoms with Gasteiger partial charge in [0, 0.05) is 11.9 Å². The van der Waals surface area contributed by atoms with Crippen molar-refractivity contribution in [3.8, 4) is 0 Å². The van der Waals surface area contributed by atoms with Crippen molar-refractivity contribution in [2.24, 2.45) is 4.99 Å². The molecular weight excluding hydrogens is 352 g/mol. The first-order valence-corrected chi connectivity index (χ1v) is 11.2. The van der Waals surface area contributed by atoms with Gasteiger partial charge in [-0.15, -0.1) is 0 Å². The van der Waals surface area contributed by atoms with Crippen molar-refractivity contribution >= 4 is 17.6 Å². The SMILES string of the molecule is CC(C=Nc1c(C(C)C)cccc1C(C)C)Nc1c(C(C)C)cccc1C(C)C. The molecule has 0 saturated heterocycles. The summed E-state index contributed by atoms with van der Waals surface area (Å²) in [6, 6.07) is 13.4. The number of para-hydroxylation sites is 2. The van der Waals surface area contributed by atoms with Gasteiger partial charge in [-0.1, -0.05) is 91.8 Å². The number of anilines is 1.